The minimum absolute atomic E-state index is 0.769. The Labute approximate surface area is 116 Å². The number of nitrogens with two attached hydrogens (primary N) is 1. The minimum atomic E-state index is 0.769. The van der Waals surface area contributed by atoms with Gasteiger partial charge < -0.3 is 10.3 Å². The Kier molecular flexibility index (Phi) is 2.27. The third kappa shape index (κ3) is 1.50. The standard InChI is InChI=1S/C17H13N3/c18-12-6-7-14-15-11-19-9-8-16(15)20(17(14)10-12)13-4-2-1-3-5-13/h1-11H,18H2. The second-order valence-corrected chi connectivity index (χ2v) is 4.84. The predicted molar refractivity (Wildman–Crippen MR) is 83.0 cm³/mol. The molecule has 96 valence electrons. The molecule has 2 aromatic heterocycles. The van der Waals surface area contributed by atoms with Crippen LogP contribution >= 0.6 is 0 Å². The highest BCUT2D eigenvalue weighted by molar-refractivity contribution is 6.09. The number of hydrogen-bond donors (Lipinski definition) is 1. The van der Waals surface area contributed by atoms with E-state index in [1.54, 1.807) is 0 Å². The molecule has 4 aromatic rings. The molecule has 20 heavy (non-hydrogen) atoms. The maximum Gasteiger partial charge on any atom is 0.0571 e. The number of aromatic nitrogens is 2. The highest BCUT2D eigenvalue weighted by atomic mass is 15.0. The van der Waals surface area contributed by atoms with E-state index in [0.717, 1.165) is 27.8 Å². The molecule has 0 amide bonds. The molecule has 0 atom stereocenters. The molecule has 2 aromatic carbocycles. The van der Waals surface area contributed by atoms with Crippen molar-refractivity contribution in [1.82, 2.24) is 9.55 Å². The number of nitrogens with zero attached hydrogens (tertiary/aromatic N) is 2. The Morgan fingerprint density at radius 1 is 0.850 bits per heavy atom. The summed E-state index contributed by atoms with van der Waals surface area (Å²) >= 11 is 0. The van der Waals surface area contributed by atoms with Crippen molar-refractivity contribution < 1.29 is 0 Å². The van der Waals surface area contributed by atoms with Crippen LogP contribution in [-0.2, 0) is 0 Å². The van der Waals surface area contributed by atoms with Gasteiger partial charge in [0.15, 0.2) is 0 Å². The van der Waals surface area contributed by atoms with Crippen LogP contribution in [0.15, 0.2) is 67.0 Å². The van der Waals surface area contributed by atoms with E-state index in [4.69, 9.17) is 5.73 Å². The van der Waals surface area contributed by atoms with Crippen LogP contribution in [0, 0.1) is 0 Å². The number of nitrogen functional groups attached to an aromatic ring is 1. The number of hydrogen-bond acceptors (Lipinski definition) is 2. The molecule has 0 unspecified atom stereocenters. The van der Waals surface area contributed by atoms with Gasteiger partial charge in [-0.1, -0.05) is 24.3 Å². The summed E-state index contributed by atoms with van der Waals surface area (Å²) in [5, 5.41) is 2.32. The van der Waals surface area contributed by atoms with Crippen LogP contribution in [0.1, 0.15) is 0 Å². The molecule has 0 fully saturated rings. The summed E-state index contributed by atoms with van der Waals surface area (Å²) in [5.41, 5.74) is 10.1. The van der Waals surface area contributed by atoms with Crippen LogP contribution in [0.2, 0.25) is 0 Å². The average molecular weight is 259 g/mol. The van der Waals surface area contributed by atoms with Crippen molar-refractivity contribution in [1.29, 1.82) is 0 Å². The topological polar surface area (TPSA) is 43.8 Å². The summed E-state index contributed by atoms with van der Waals surface area (Å²) in [5.74, 6) is 0. The second-order valence-electron chi connectivity index (χ2n) is 4.84. The van der Waals surface area contributed by atoms with Crippen molar-refractivity contribution in [2.75, 3.05) is 5.73 Å². The summed E-state index contributed by atoms with van der Waals surface area (Å²) in [6.45, 7) is 0. The molecule has 2 N–H and O–H groups in total. The molecule has 0 aliphatic heterocycles. The smallest absolute Gasteiger partial charge is 0.0571 e. The Hall–Kier alpha value is -2.81. The third-order valence-corrected chi connectivity index (χ3v) is 3.61. The summed E-state index contributed by atoms with van der Waals surface area (Å²) in [6.07, 6.45) is 3.73. The van der Waals surface area contributed by atoms with E-state index in [1.165, 1.54) is 5.39 Å². The second kappa shape index (κ2) is 4.10. The number of benzene rings is 2. The monoisotopic (exact) mass is 259 g/mol. The van der Waals surface area contributed by atoms with Crippen LogP contribution in [0.3, 0.4) is 0 Å². The highest BCUT2D eigenvalue weighted by Gasteiger charge is 2.11. The van der Waals surface area contributed by atoms with Gasteiger partial charge in [-0.2, -0.15) is 0 Å². The fraction of sp³-hybridized carbons (Fsp3) is 0. The Bertz CT molecular complexity index is 907. The molecule has 0 saturated heterocycles. The minimum Gasteiger partial charge on any atom is -0.399 e. The SMILES string of the molecule is Nc1ccc2c3cnccc3n(-c3ccccc3)c2c1. The lowest BCUT2D eigenvalue weighted by molar-refractivity contribution is 1.17. The van der Waals surface area contributed by atoms with Gasteiger partial charge in [0.1, 0.15) is 0 Å². The first kappa shape index (κ1) is 11.1. The zero-order chi connectivity index (χ0) is 13.5. The van der Waals surface area contributed by atoms with Crippen molar-refractivity contribution in [3.63, 3.8) is 0 Å². The largest absolute Gasteiger partial charge is 0.399 e. The van der Waals surface area contributed by atoms with Crippen molar-refractivity contribution in [2.24, 2.45) is 0 Å². The van der Waals surface area contributed by atoms with Crippen molar-refractivity contribution >= 4 is 27.5 Å². The first-order valence-corrected chi connectivity index (χ1v) is 6.54. The number of anilines is 1. The maximum absolute atomic E-state index is 5.96. The lowest BCUT2D eigenvalue weighted by Gasteiger charge is -2.07. The van der Waals surface area contributed by atoms with Gasteiger partial charge in [-0.15, -0.1) is 0 Å². The van der Waals surface area contributed by atoms with Gasteiger partial charge in [-0.3, -0.25) is 4.98 Å². The molecule has 3 heteroatoms. The summed E-state index contributed by atoms with van der Waals surface area (Å²) in [4.78, 5) is 4.25. The van der Waals surface area contributed by atoms with Gasteiger partial charge in [0, 0.05) is 34.5 Å². The van der Waals surface area contributed by atoms with Crippen LogP contribution in [0.4, 0.5) is 5.69 Å². The Morgan fingerprint density at radius 3 is 2.55 bits per heavy atom. The maximum atomic E-state index is 5.96. The van der Waals surface area contributed by atoms with Crippen LogP contribution < -0.4 is 5.73 Å². The van der Waals surface area contributed by atoms with Crippen molar-refractivity contribution in [3.8, 4) is 5.69 Å². The van der Waals surface area contributed by atoms with Gasteiger partial charge in [-0.05, 0) is 30.3 Å². The van der Waals surface area contributed by atoms with Crippen molar-refractivity contribution in [2.45, 2.75) is 0 Å². The lowest BCUT2D eigenvalue weighted by Crippen LogP contribution is -1.93. The molecule has 4 rings (SSSR count). The van der Waals surface area contributed by atoms with E-state index >= 15 is 0 Å². The van der Waals surface area contributed by atoms with E-state index < -0.39 is 0 Å². The molecular weight excluding hydrogens is 246 g/mol. The molecule has 2 heterocycles. The van der Waals surface area contributed by atoms with Crippen molar-refractivity contribution in [3.05, 3.63) is 67.0 Å². The number of pyridine rings is 1. The molecule has 3 nitrogen and oxygen atoms in total. The fourth-order valence-corrected chi connectivity index (χ4v) is 2.74. The van der Waals surface area contributed by atoms with E-state index in [1.807, 2.05) is 48.8 Å². The van der Waals surface area contributed by atoms with Gasteiger partial charge in [0.25, 0.3) is 0 Å². The Morgan fingerprint density at radius 2 is 1.70 bits per heavy atom. The lowest BCUT2D eigenvalue weighted by atomic mass is 10.2. The van der Waals surface area contributed by atoms with Gasteiger partial charge >= 0.3 is 0 Å². The third-order valence-electron chi connectivity index (χ3n) is 3.61. The molecular formula is C17H13N3. The average Bonchev–Trinajstić information content (AvgIpc) is 2.81. The fourth-order valence-electron chi connectivity index (χ4n) is 2.74. The van der Waals surface area contributed by atoms with E-state index in [9.17, 15) is 0 Å². The first-order valence-electron chi connectivity index (χ1n) is 6.54. The molecule has 0 spiro atoms. The zero-order valence-electron chi connectivity index (χ0n) is 10.8. The first-order chi connectivity index (χ1) is 9.84. The molecule has 0 aliphatic carbocycles. The van der Waals surface area contributed by atoms with Gasteiger partial charge in [-0.25, -0.2) is 0 Å². The summed E-state index contributed by atoms with van der Waals surface area (Å²) < 4.78 is 2.22. The normalized spacial score (nSPS) is 11.2. The van der Waals surface area contributed by atoms with Crippen LogP contribution in [-0.4, -0.2) is 9.55 Å². The summed E-state index contributed by atoms with van der Waals surface area (Å²) in [7, 11) is 0. The molecule has 0 bridgehead atoms. The number of rotatable bonds is 1. The quantitative estimate of drug-likeness (QED) is 0.529. The van der Waals surface area contributed by atoms with Crippen LogP contribution in [0.25, 0.3) is 27.5 Å². The Balaban J connectivity index is 2.23. The zero-order valence-corrected chi connectivity index (χ0v) is 10.8. The van der Waals surface area contributed by atoms with E-state index in [-0.39, 0.29) is 0 Å². The van der Waals surface area contributed by atoms with E-state index in [2.05, 4.69) is 27.8 Å². The van der Waals surface area contributed by atoms with Crippen LogP contribution in [0.5, 0.6) is 0 Å². The highest BCUT2D eigenvalue weighted by Crippen LogP contribution is 2.32. The van der Waals surface area contributed by atoms with Gasteiger partial charge in [0.05, 0.1) is 11.0 Å². The number of para-hydroxylation sites is 1. The molecule has 0 saturated carbocycles. The molecule has 0 aliphatic rings. The summed E-state index contributed by atoms with van der Waals surface area (Å²) in [6, 6.07) is 18.4. The molecule has 0 radical (unpaired) electrons. The van der Waals surface area contributed by atoms with Gasteiger partial charge in [0.2, 0.25) is 0 Å². The number of fused-ring (bicyclic) bond motifs is 3. The predicted octanol–water partition coefficient (Wildman–Crippen LogP) is 3.76. The van der Waals surface area contributed by atoms with E-state index in [0.29, 0.717) is 0 Å².